The van der Waals surface area contributed by atoms with E-state index in [9.17, 15) is 9.59 Å². The smallest absolute Gasteiger partial charge is 0.228 e. The molecule has 2 aliphatic rings. The van der Waals surface area contributed by atoms with Crippen molar-refractivity contribution in [3.05, 3.63) is 29.3 Å². The molecule has 1 aliphatic heterocycles. The van der Waals surface area contributed by atoms with Crippen molar-refractivity contribution in [3.8, 4) is 12.3 Å². The van der Waals surface area contributed by atoms with Crippen LogP contribution in [0.3, 0.4) is 0 Å². The molecule has 0 radical (unpaired) electrons. The molecule has 3 rings (SSSR count). The Bertz CT molecular complexity index is 583. The SMILES string of the molecule is C#CC1CC(=O)N(c2ccc3c(c2)CCC3=O)C1. The van der Waals surface area contributed by atoms with Crippen LogP contribution in [0.4, 0.5) is 5.69 Å². The highest BCUT2D eigenvalue weighted by Gasteiger charge is 2.30. The third-order valence-corrected chi connectivity index (χ3v) is 3.68. The van der Waals surface area contributed by atoms with Crippen LogP contribution in [-0.2, 0) is 11.2 Å². The number of fused-ring (bicyclic) bond motifs is 1. The summed E-state index contributed by atoms with van der Waals surface area (Å²) in [6.45, 7) is 0.585. The second-order valence-corrected chi connectivity index (χ2v) is 4.84. The second-order valence-electron chi connectivity index (χ2n) is 4.84. The zero-order valence-electron chi connectivity index (χ0n) is 9.98. The zero-order valence-corrected chi connectivity index (χ0v) is 9.98. The van der Waals surface area contributed by atoms with Crippen molar-refractivity contribution in [2.75, 3.05) is 11.4 Å². The fourth-order valence-electron chi connectivity index (χ4n) is 2.68. The number of amides is 1. The molecular weight excluding hydrogens is 226 g/mol. The molecule has 0 saturated carbocycles. The molecule has 1 aliphatic carbocycles. The third kappa shape index (κ3) is 1.62. The first-order valence-corrected chi connectivity index (χ1v) is 6.11. The molecule has 18 heavy (non-hydrogen) atoms. The Kier molecular flexibility index (Phi) is 2.45. The number of ketones is 1. The van der Waals surface area contributed by atoms with Crippen molar-refractivity contribution in [2.45, 2.75) is 19.3 Å². The highest BCUT2D eigenvalue weighted by molar-refractivity contribution is 6.02. The summed E-state index contributed by atoms with van der Waals surface area (Å²) in [5.41, 5.74) is 2.72. The van der Waals surface area contributed by atoms with Crippen LogP contribution in [-0.4, -0.2) is 18.2 Å². The summed E-state index contributed by atoms with van der Waals surface area (Å²) < 4.78 is 0. The van der Waals surface area contributed by atoms with Crippen LogP contribution in [0, 0.1) is 18.3 Å². The minimum atomic E-state index is 0.00684. The maximum atomic E-state index is 11.9. The van der Waals surface area contributed by atoms with Gasteiger partial charge in [0.15, 0.2) is 5.78 Å². The van der Waals surface area contributed by atoms with Crippen LogP contribution in [0.5, 0.6) is 0 Å². The van der Waals surface area contributed by atoms with Crippen LogP contribution in [0.2, 0.25) is 0 Å². The number of rotatable bonds is 1. The van der Waals surface area contributed by atoms with E-state index in [1.165, 1.54) is 0 Å². The molecule has 1 unspecified atom stereocenters. The number of carbonyl (C=O) groups excluding carboxylic acids is 2. The highest BCUT2D eigenvalue weighted by Crippen LogP contribution is 2.30. The van der Waals surface area contributed by atoms with Crippen molar-refractivity contribution < 1.29 is 9.59 Å². The van der Waals surface area contributed by atoms with Gasteiger partial charge < -0.3 is 4.90 Å². The molecule has 3 nitrogen and oxygen atoms in total. The summed E-state index contributed by atoms with van der Waals surface area (Å²) >= 11 is 0. The van der Waals surface area contributed by atoms with E-state index >= 15 is 0 Å². The first-order valence-electron chi connectivity index (χ1n) is 6.11. The van der Waals surface area contributed by atoms with Gasteiger partial charge in [0, 0.05) is 36.6 Å². The van der Waals surface area contributed by atoms with Gasteiger partial charge in [0.25, 0.3) is 0 Å². The molecule has 0 aromatic heterocycles. The van der Waals surface area contributed by atoms with Gasteiger partial charge in [0.05, 0.1) is 0 Å². The number of hydrogen-bond donors (Lipinski definition) is 0. The number of aryl methyl sites for hydroxylation is 1. The lowest BCUT2D eigenvalue weighted by molar-refractivity contribution is -0.117. The molecule has 0 spiro atoms. The Morgan fingerprint density at radius 2 is 2.11 bits per heavy atom. The van der Waals surface area contributed by atoms with Crippen molar-refractivity contribution in [3.63, 3.8) is 0 Å². The molecule has 0 N–H and O–H groups in total. The number of anilines is 1. The molecule has 3 heteroatoms. The number of Topliss-reactive ketones (excluding diaryl/α,β-unsaturated/α-hetero) is 1. The number of terminal acetylenes is 1. The van der Waals surface area contributed by atoms with Crippen molar-refractivity contribution in [1.29, 1.82) is 0 Å². The maximum absolute atomic E-state index is 11.9. The van der Waals surface area contributed by atoms with Crippen LogP contribution in [0.1, 0.15) is 28.8 Å². The summed E-state index contributed by atoms with van der Waals surface area (Å²) in [5, 5.41) is 0. The Balaban J connectivity index is 1.93. The average molecular weight is 239 g/mol. The minimum absolute atomic E-state index is 0.00684. The number of carbonyl (C=O) groups is 2. The lowest BCUT2D eigenvalue weighted by Gasteiger charge is -2.16. The van der Waals surface area contributed by atoms with E-state index in [-0.39, 0.29) is 17.6 Å². The van der Waals surface area contributed by atoms with E-state index in [2.05, 4.69) is 5.92 Å². The van der Waals surface area contributed by atoms with Gasteiger partial charge in [0.1, 0.15) is 0 Å². The second kappa shape index (κ2) is 3.99. The van der Waals surface area contributed by atoms with E-state index in [1.54, 1.807) is 4.90 Å². The maximum Gasteiger partial charge on any atom is 0.228 e. The van der Waals surface area contributed by atoms with Crippen LogP contribution < -0.4 is 4.90 Å². The highest BCUT2D eigenvalue weighted by atomic mass is 16.2. The van der Waals surface area contributed by atoms with Crippen molar-refractivity contribution >= 4 is 17.4 Å². The number of nitrogens with zero attached hydrogens (tertiary/aromatic N) is 1. The van der Waals surface area contributed by atoms with Gasteiger partial charge in [-0.25, -0.2) is 0 Å². The molecule has 1 aromatic rings. The van der Waals surface area contributed by atoms with Gasteiger partial charge in [-0.05, 0) is 30.2 Å². The average Bonchev–Trinajstić information content (AvgIpc) is 2.93. The standard InChI is InChI=1S/C15H13NO2/c1-2-10-7-15(18)16(9-10)12-4-5-13-11(8-12)3-6-14(13)17/h1,4-5,8,10H,3,6-7,9H2. The number of hydrogen-bond acceptors (Lipinski definition) is 2. The molecular formula is C15H13NO2. The third-order valence-electron chi connectivity index (χ3n) is 3.68. The monoisotopic (exact) mass is 239 g/mol. The molecule has 1 heterocycles. The zero-order chi connectivity index (χ0) is 12.7. The summed E-state index contributed by atoms with van der Waals surface area (Å²) in [4.78, 5) is 25.2. The van der Waals surface area contributed by atoms with E-state index in [0.29, 0.717) is 19.4 Å². The van der Waals surface area contributed by atoms with Gasteiger partial charge in [-0.1, -0.05) is 0 Å². The van der Waals surface area contributed by atoms with E-state index in [4.69, 9.17) is 6.42 Å². The quantitative estimate of drug-likeness (QED) is 0.701. The van der Waals surface area contributed by atoms with Crippen molar-refractivity contribution in [2.24, 2.45) is 5.92 Å². The van der Waals surface area contributed by atoms with Gasteiger partial charge in [-0.15, -0.1) is 12.3 Å². The number of benzene rings is 1. The first kappa shape index (κ1) is 11.0. The molecule has 1 saturated heterocycles. The molecule has 1 aromatic carbocycles. The van der Waals surface area contributed by atoms with Gasteiger partial charge >= 0.3 is 0 Å². The fourth-order valence-corrected chi connectivity index (χ4v) is 2.68. The summed E-state index contributed by atoms with van der Waals surface area (Å²) in [5.74, 6) is 2.91. The minimum Gasteiger partial charge on any atom is -0.311 e. The largest absolute Gasteiger partial charge is 0.311 e. The summed E-state index contributed by atoms with van der Waals surface area (Å²) in [6.07, 6.45) is 7.16. The molecule has 1 atom stereocenters. The Labute approximate surface area is 106 Å². The van der Waals surface area contributed by atoms with Crippen LogP contribution >= 0.6 is 0 Å². The molecule has 90 valence electrons. The fraction of sp³-hybridized carbons (Fsp3) is 0.333. The summed E-state index contributed by atoms with van der Waals surface area (Å²) in [7, 11) is 0. The lowest BCUT2D eigenvalue weighted by Crippen LogP contribution is -2.24. The first-order chi connectivity index (χ1) is 8.69. The molecule has 1 amide bonds. The van der Waals surface area contributed by atoms with Gasteiger partial charge in [-0.2, -0.15) is 0 Å². The van der Waals surface area contributed by atoms with E-state index in [1.807, 2.05) is 18.2 Å². The summed E-state index contributed by atoms with van der Waals surface area (Å²) in [6, 6.07) is 5.63. The van der Waals surface area contributed by atoms with E-state index < -0.39 is 0 Å². The molecule has 0 bridgehead atoms. The lowest BCUT2D eigenvalue weighted by atomic mass is 10.1. The Morgan fingerprint density at radius 3 is 2.83 bits per heavy atom. The van der Waals surface area contributed by atoms with Gasteiger partial charge in [0.2, 0.25) is 5.91 Å². The topological polar surface area (TPSA) is 37.4 Å². The van der Waals surface area contributed by atoms with Gasteiger partial charge in [-0.3, -0.25) is 9.59 Å². The van der Waals surface area contributed by atoms with Crippen LogP contribution in [0.25, 0.3) is 0 Å². The van der Waals surface area contributed by atoms with Crippen LogP contribution in [0.15, 0.2) is 18.2 Å². The Morgan fingerprint density at radius 1 is 1.28 bits per heavy atom. The molecule has 1 fully saturated rings. The van der Waals surface area contributed by atoms with Crippen molar-refractivity contribution in [1.82, 2.24) is 0 Å². The predicted octanol–water partition coefficient (Wildman–Crippen LogP) is 1.80. The Hall–Kier alpha value is -2.08. The normalized spacial score (nSPS) is 22.2. The van der Waals surface area contributed by atoms with E-state index in [0.717, 1.165) is 23.2 Å². The predicted molar refractivity (Wildman–Crippen MR) is 68.4 cm³/mol.